The number of benzene rings is 1. The summed E-state index contributed by atoms with van der Waals surface area (Å²) in [5.74, 6) is 0.876. The molecular formula is C20H24F3N5OS2. The number of rotatable bonds is 8. The lowest BCUT2D eigenvalue weighted by atomic mass is 10.0. The van der Waals surface area contributed by atoms with Crippen molar-refractivity contribution in [1.29, 1.82) is 0 Å². The first-order chi connectivity index (χ1) is 14.6. The Labute approximate surface area is 186 Å². The molecule has 0 aliphatic carbocycles. The lowest BCUT2D eigenvalue weighted by molar-refractivity contribution is -0.137. The molecule has 4 N–H and O–H groups in total. The Hall–Kier alpha value is -2.11. The van der Waals surface area contributed by atoms with Gasteiger partial charge in [0.15, 0.2) is 21.8 Å². The molecule has 6 nitrogen and oxygen atoms in total. The fourth-order valence-electron chi connectivity index (χ4n) is 3.11. The van der Waals surface area contributed by atoms with E-state index < -0.39 is 11.7 Å². The Morgan fingerprint density at radius 2 is 1.94 bits per heavy atom. The van der Waals surface area contributed by atoms with Crippen LogP contribution in [-0.4, -0.2) is 32.7 Å². The molecule has 2 aromatic heterocycles. The molecule has 0 fully saturated rings. The van der Waals surface area contributed by atoms with Crippen LogP contribution >= 0.6 is 23.1 Å². The zero-order chi connectivity index (χ0) is 22.8. The molecule has 0 aliphatic heterocycles. The van der Waals surface area contributed by atoms with Crippen LogP contribution in [0.3, 0.4) is 0 Å². The molecule has 3 rings (SSSR count). The van der Waals surface area contributed by atoms with E-state index in [1.807, 2.05) is 0 Å². The zero-order valence-electron chi connectivity index (χ0n) is 17.3. The van der Waals surface area contributed by atoms with Crippen molar-refractivity contribution in [3.8, 4) is 0 Å². The SMILES string of the molecule is CC(C)CC(CO)Nc1nc(SC(C)c2cccc(C(F)(F)F)c2)nc2nc(N)sc12. The number of nitrogens with two attached hydrogens (primary N) is 1. The van der Waals surface area contributed by atoms with Gasteiger partial charge in [0.2, 0.25) is 0 Å². The summed E-state index contributed by atoms with van der Waals surface area (Å²) >= 11 is 2.48. The third-order valence-corrected chi connectivity index (χ3v) is 6.43. The van der Waals surface area contributed by atoms with Crippen LogP contribution in [-0.2, 0) is 6.18 Å². The maximum atomic E-state index is 13.1. The topological polar surface area (TPSA) is 97.0 Å². The summed E-state index contributed by atoms with van der Waals surface area (Å²) in [6.45, 7) is 5.85. The van der Waals surface area contributed by atoms with Crippen LogP contribution in [0.4, 0.5) is 24.1 Å². The number of aliphatic hydroxyl groups excluding tert-OH is 1. The standard InChI is InChI=1S/C20H24F3N5OS2/c1-10(2)7-14(9-29)25-16-15-17(26-18(24)31-15)28-19(27-16)30-11(3)12-5-4-6-13(8-12)20(21,22)23/h4-6,8,10-11,14,29H,7,9H2,1-3H3,(H3,24,25,26,27,28). The number of alkyl halides is 3. The molecule has 31 heavy (non-hydrogen) atoms. The minimum absolute atomic E-state index is 0.0684. The summed E-state index contributed by atoms with van der Waals surface area (Å²) in [5.41, 5.74) is 6.09. The fraction of sp³-hybridized carbons (Fsp3) is 0.450. The van der Waals surface area contributed by atoms with Gasteiger partial charge in [-0.25, -0.2) is 15.0 Å². The van der Waals surface area contributed by atoms with Gasteiger partial charge in [0.05, 0.1) is 18.2 Å². The molecule has 1 aromatic carbocycles. The maximum absolute atomic E-state index is 13.1. The average molecular weight is 472 g/mol. The second-order valence-corrected chi connectivity index (χ2v) is 9.93. The predicted molar refractivity (Wildman–Crippen MR) is 119 cm³/mol. The first-order valence-corrected chi connectivity index (χ1v) is 11.4. The van der Waals surface area contributed by atoms with Gasteiger partial charge in [-0.3, -0.25) is 0 Å². The molecule has 2 atom stereocenters. The number of aliphatic hydroxyl groups is 1. The summed E-state index contributed by atoms with van der Waals surface area (Å²) < 4.78 is 39.8. The van der Waals surface area contributed by atoms with Gasteiger partial charge in [0, 0.05) is 5.25 Å². The van der Waals surface area contributed by atoms with Crippen LogP contribution in [0.25, 0.3) is 10.3 Å². The molecule has 0 amide bonds. The summed E-state index contributed by atoms with van der Waals surface area (Å²) in [6, 6.07) is 5.02. The van der Waals surface area contributed by atoms with E-state index in [1.54, 1.807) is 13.0 Å². The molecular weight excluding hydrogens is 447 g/mol. The van der Waals surface area contributed by atoms with Crippen molar-refractivity contribution in [2.75, 3.05) is 17.7 Å². The molecule has 3 aromatic rings. The van der Waals surface area contributed by atoms with Crippen LogP contribution < -0.4 is 11.1 Å². The smallest absolute Gasteiger partial charge is 0.394 e. The summed E-state index contributed by atoms with van der Waals surface area (Å²) in [6.07, 6.45) is -3.67. The van der Waals surface area contributed by atoms with Gasteiger partial charge in [-0.2, -0.15) is 13.2 Å². The Morgan fingerprint density at radius 3 is 2.58 bits per heavy atom. The van der Waals surface area contributed by atoms with Crippen molar-refractivity contribution in [3.05, 3.63) is 35.4 Å². The molecule has 0 radical (unpaired) electrons. The second-order valence-electron chi connectivity index (χ2n) is 7.60. The second kappa shape index (κ2) is 9.58. The van der Waals surface area contributed by atoms with Crippen molar-refractivity contribution >= 4 is 44.4 Å². The number of hydrogen-bond acceptors (Lipinski definition) is 8. The van der Waals surface area contributed by atoms with Crippen molar-refractivity contribution in [2.24, 2.45) is 5.92 Å². The van der Waals surface area contributed by atoms with Crippen LogP contribution in [0.15, 0.2) is 29.4 Å². The molecule has 0 saturated heterocycles. The fourth-order valence-corrected chi connectivity index (χ4v) is 4.71. The molecule has 0 spiro atoms. The normalized spacial score (nSPS) is 14.2. The molecule has 11 heteroatoms. The van der Waals surface area contributed by atoms with Crippen LogP contribution in [0.5, 0.6) is 0 Å². The highest BCUT2D eigenvalue weighted by Gasteiger charge is 2.31. The number of nitrogen functional groups attached to an aromatic ring is 1. The van der Waals surface area contributed by atoms with E-state index in [0.717, 1.165) is 18.6 Å². The number of nitrogens with zero attached hydrogens (tertiary/aromatic N) is 3. The van der Waals surface area contributed by atoms with Gasteiger partial charge in [-0.1, -0.05) is 55.1 Å². The van der Waals surface area contributed by atoms with Crippen molar-refractivity contribution in [1.82, 2.24) is 15.0 Å². The van der Waals surface area contributed by atoms with E-state index in [1.165, 1.54) is 29.2 Å². The zero-order valence-corrected chi connectivity index (χ0v) is 18.9. The number of fused-ring (bicyclic) bond motifs is 1. The predicted octanol–water partition coefficient (Wildman–Crippen LogP) is 5.36. The van der Waals surface area contributed by atoms with Gasteiger partial charge in [0.25, 0.3) is 0 Å². The van der Waals surface area contributed by atoms with Crippen LogP contribution in [0.1, 0.15) is 43.6 Å². The number of thioether (sulfide) groups is 1. The van der Waals surface area contributed by atoms with Crippen molar-refractivity contribution < 1.29 is 18.3 Å². The monoisotopic (exact) mass is 471 g/mol. The number of hydrogen-bond donors (Lipinski definition) is 3. The minimum Gasteiger partial charge on any atom is -0.394 e. The van der Waals surface area contributed by atoms with Crippen LogP contribution in [0.2, 0.25) is 0 Å². The van der Waals surface area contributed by atoms with Crippen molar-refractivity contribution in [2.45, 2.75) is 49.8 Å². The van der Waals surface area contributed by atoms with E-state index in [2.05, 4.69) is 34.1 Å². The van der Waals surface area contributed by atoms with E-state index in [0.29, 0.717) is 37.9 Å². The van der Waals surface area contributed by atoms with Crippen LogP contribution in [0, 0.1) is 5.92 Å². The molecule has 0 saturated carbocycles. The molecule has 0 aliphatic rings. The van der Waals surface area contributed by atoms with Gasteiger partial charge in [-0.15, -0.1) is 0 Å². The Bertz CT molecular complexity index is 1040. The number of anilines is 2. The highest BCUT2D eigenvalue weighted by Crippen LogP contribution is 2.38. The van der Waals surface area contributed by atoms with E-state index in [4.69, 9.17) is 5.73 Å². The van der Waals surface area contributed by atoms with Gasteiger partial charge >= 0.3 is 6.18 Å². The first kappa shape index (κ1) is 23.6. The van der Waals surface area contributed by atoms with Gasteiger partial charge < -0.3 is 16.2 Å². The summed E-state index contributed by atoms with van der Waals surface area (Å²) in [5, 5.41) is 13.4. The van der Waals surface area contributed by atoms with E-state index in [9.17, 15) is 18.3 Å². The lowest BCUT2D eigenvalue weighted by Gasteiger charge is -2.19. The highest BCUT2D eigenvalue weighted by atomic mass is 32.2. The molecule has 168 valence electrons. The summed E-state index contributed by atoms with van der Waals surface area (Å²) in [7, 11) is 0. The average Bonchev–Trinajstić information content (AvgIpc) is 3.07. The Kier molecular flexibility index (Phi) is 7.28. The minimum atomic E-state index is -4.40. The van der Waals surface area contributed by atoms with Crippen molar-refractivity contribution in [3.63, 3.8) is 0 Å². The van der Waals surface area contributed by atoms with Gasteiger partial charge in [-0.05, 0) is 30.9 Å². The first-order valence-electron chi connectivity index (χ1n) is 9.72. The molecule has 2 unspecified atom stereocenters. The number of thiazole rings is 1. The largest absolute Gasteiger partial charge is 0.416 e. The Morgan fingerprint density at radius 1 is 1.19 bits per heavy atom. The Balaban J connectivity index is 1.90. The number of halogens is 3. The van der Waals surface area contributed by atoms with E-state index >= 15 is 0 Å². The van der Waals surface area contributed by atoms with E-state index in [-0.39, 0.29) is 17.9 Å². The lowest BCUT2D eigenvalue weighted by Crippen LogP contribution is -2.26. The quantitative estimate of drug-likeness (QED) is 0.301. The number of aromatic nitrogens is 3. The third-order valence-electron chi connectivity index (χ3n) is 4.53. The van der Waals surface area contributed by atoms with Gasteiger partial charge in [0.1, 0.15) is 4.70 Å². The third kappa shape index (κ3) is 5.98. The molecule has 2 heterocycles. The molecule has 0 bridgehead atoms. The maximum Gasteiger partial charge on any atom is 0.416 e. The highest BCUT2D eigenvalue weighted by molar-refractivity contribution is 7.99. The summed E-state index contributed by atoms with van der Waals surface area (Å²) in [4.78, 5) is 13.2. The number of nitrogens with one attached hydrogen (secondary N) is 1.